The molecule has 5 heterocycles. The number of carbonyl (C=O) groups is 2. The van der Waals surface area contributed by atoms with Gasteiger partial charge in [0.2, 0.25) is 6.79 Å². The van der Waals surface area contributed by atoms with Gasteiger partial charge in [0.25, 0.3) is 11.8 Å². The first-order valence-corrected chi connectivity index (χ1v) is 19.5. The van der Waals surface area contributed by atoms with Gasteiger partial charge in [-0.3, -0.25) is 14.5 Å². The quantitative estimate of drug-likeness (QED) is 0.177. The fourth-order valence-electron chi connectivity index (χ4n) is 8.50. The molecule has 1 N–H and O–H groups in total. The average molecular weight is 759 g/mol. The normalized spacial score (nSPS) is 17.8. The van der Waals surface area contributed by atoms with E-state index in [-0.39, 0.29) is 36.9 Å². The van der Waals surface area contributed by atoms with Crippen LogP contribution in [0.3, 0.4) is 0 Å². The van der Waals surface area contributed by atoms with Gasteiger partial charge in [-0.2, -0.15) is 0 Å². The number of hydrogen-bond donors (Lipinski definition) is 1. The number of hydrogen-bond acceptors (Lipinski definition) is 7. The lowest BCUT2D eigenvalue weighted by molar-refractivity contribution is 0.0193. The van der Waals surface area contributed by atoms with Crippen molar-refractivity contribution in [3.8, 4) is 28.5 Å². The molecule has 0 unspecified atom stereocenters. The van der Waals surface area contributed by atoms with Crippen LogP contribution in [0.4, 0.5) is 5.69 Å². The summed E-state index contributed by atoms with van der Waals surface area (Å²) in [4.78, 5) is 36.3. The van der Waals surface area contributed by atoms with Crippen LogP contribution in [-0.4, -0.2) is 77.0 Å². The Balaban J connectivity index is 1.14. The number of anilines is 1. The number of benzene rings is 4. The van der Waals surface area contributed by atoms with Crippen molar-refractivity contribution in [1.82, 2.24) is 14.4 Å². The molecular weight excluding hydrogens is 716 g/mol. The molecule has 4 aromatic carbocycles. The van der Waals surface area contributed by atoms with Gasteiger partial charge in [0.05, 0.1) is 30.9 Å². The highest BCUT2D eigenvalue weighted by Gasteiger charge is 2.36. The maximum absolute atomic E-state index is 15.2. The molecule has 0 saturated carbocycles. The van der Waals surface area contributed by atoms with Crippen molar-refractivity contribution in [2.24, 2.45) is 0 Å². The molecule has 55 heavy (non-hydrogen) atoms. The minimum Gasteiger partial charge on any atom is -0.508 e. The number of amides is 2. The SMILES string of the molecule is O=C(c1cc(-c2cc3c(cc2C(=O)N2Cc4ccccc4C[C@H]2CN2CCOCC2)OCO3)n2c1CCCC2)N(Cc1ccccc1Cl)c1ccc(O)cc1. The van der Waals surface area contributed by atoms with Crippen LogP contribution in [0.1, 0.15) is 55.9 Å². The molecule has 2 amide bonds. The van der Waals surface area contributed by atoms with Crippen LogP contribution in [0.15, 0.2) is 91.0 Å². The second-order valence-corrected chi connectivity index (χ2v) is 15.1. The fourth-order valence-corrected chi connectivity index (χ4v) is 8.69. The number of nitrogens with zero attached hydrogens (tertiary/aromatic N) is 4. The Morgan fingerprint density at radius 1 is 0.836 bits per heavy atom. The zero-order valence-electron chi connectivity index (χ0n) is 30.6. The third-order valence-electron chi connectivity index (χ3n) is 11.4. The van der Waals surface area contributed by atoms with Crippen molar-refractivity contribution in [3.05, 3.63) is 130 Å². The minimum atomic E-state index is -0.186. The molecule has 11 heteroatoms. The van der Waals surface area contributed by atoms with Crippen LogP contribution in [0.5, 0.6) is 17.2 Å². The molecule has 282 valence electrons. The highest BCUT2D eigenvalue weighted by molar-refractivity contribution is 6.31. The van der Waals surface area contributed by atoms with Crippen LogP contribution in [0.2, 0.25) is 5.02 Å². The first-order valence-electron chi connectivity index (χ1n) is 19.1. The Morgan fingerprint density at radius 3 is 2.38 bits per heavy atom. The molecule has 9 rings (SSSR count). The second-order valence-electron chi connectivity index (χ2n) is 14.7. The van der Waals surface area contributed by atoms with Crippen LogP contribution in [0, 0.1) is 0 Å². The summed E-state index contributed by atoms with van der Waals surface area (Å²) in [7, 11) is 0. The van der Waals surface area contributed by atoms with Crippen molar-refractivity contribution in [3.63, 3.8) is 0 Å². The summed E-state index contributed by atoms with van der Waals surface area (Å²) in [6, 6.07) is 28.2. The Hall–Kier alpha value is -5.29. The predicted octanol–water partition coefficient (Wildman–Crippen LogP) is 7.33. The molecule has 1 saturated heterocycles. The standard InChI is InChI=1S/C44H43ClN4O6/c45-38-10-4-3-9-31(38)26-48(32-12-14-34(50)15-13-32)44(52)37-22-40(47-16-6-5-11-39(37)47)35-23-41-42(55-28-54-41)24-36(35)43(51)49-25-30-8-2-1-7-29(30)21-33(49)27-46-17-19-53-20-18-46/h1-4,7-10,12-15,22-24,33,50H,5-6,11,16-21,25-28H2/t33-/m0/s1. The summed E-state index contributed by atoms with van der Waals surface area (Å²) in [6.07, 6.45) is 3.37. The Bertz CT molecular complexity index is 2250. The molecular formula is C44H43ClN4O6. The predicted molar refractivity (Wildman–Crippen MR) is 210 cm³/mol. The maximum Gasteiger partial charge on any atom is 0.260 e. The van der Waals surface area contributed by atoms with Crippen LogP contribution in [-0.2, 0) is 37.2 Å². The summed E-state index contributed by atoms with van der Waals surface area (Å²) >= 11 is 6.63. The van der Waals surface area contributed by atoms with Gasteiger partial charge in [0, 0.05) is 66.4 Å². The smallest absolute Gasteiger partial charge is 0.260 e. The molecule has 0 spiro atoms. The lowest BCUT2D eigenvalue weighted by atomic mass is 9.92. The Kier molecular flexibility index (Phi) is 9.72. The molecule has 0 aliphatic carbocycles. The largest absolute Gasteiger partial charge is 0.508 e. The molecule has 1 aromatic heterocycles. The van der Waals surface area contributed by atoms with Crippen molar-refractivity contribution >= 4 is 29.1 Å². The highest BCUT2D eigenvalue weighted by Crippen LogP contribution is 2.42. The van der Waals surface area contributed by atoms with Gasteiger partial charge in [-0.25, -0.2) is 0 Å². The summed E-state index contributed by atoms with van der Waals surface area (Å²) in [5, 5.41) is 10.7. The summed E-state index contributed by atoms with van der Waals surface area (Å²) in [5.74, 6) is 0.958. The first-order chi connectivity index (χ1) is 26.9. The third kappa shape index (κ3) is 6.94. The van der Waals surface area contributed by atoms with Crippen LogP contribution >= 0.6 is 11.6 Å². The summed E-state index contributed by atoms with van der Waals surface area (Å²) in [6.45, 7) is 5.30. The van der Waals surface area contributed by atoms with Crippen molar-refractivity contribution in [2.75, 3.05) is 44.5 Å². The maximum atomic E-state index is 15.2. The Morgan fingerprint density at radius 2 is 1.58 bits per heavy atom. The first kappa shape index (κ1) is 35.4. The average Bonchev–Trinajstić information content (AvgIpc) is 3.85. The number of aromatic nitrogens is 1. The lowest BCUT2D eigenvalue weighted by Gasteiger charge is -2.40. The number of halogens is 1. The minimum absolute atomic E-state index is 0.0409. The molecule has 5 aromatic rings. The van der Waals surface area contributed by atoms with E-state index in [0.29, 0.717) is 65.2 Å². The molecule has 1 atom stereocenters. The number of carbonyl (C=O) groups excluding carboxylic acids is 2. The van der Waals surface area contributed by atoms with Gasteiger partial charge in [0.1, 0.15) is 5.75 Å². The van der Waals surface area contributed by atoms with Gasteiger partial charge in [0.15, 0.2) is 11.5 Å². The topological polar surface area (TPSA) is 96.7 Å². The van der Waals surface area contributed by atoms with E-state index in [0.717, 1.165) is 67.8 Å². The molecule has 4 aliphatic rings. The zero-order chi connectivity index (χ0) is 37.5. The zero-order valence-corrected chi connectivity index (χ0v) is 31.3. The summed E-state index contributed by atoms with van der Waals surface area (Å²) < 4.78 is 19.6. The molecule has 0 radical (unpaired) electrons. The number of fused-ring (bicyclic) bond motifs is 3. The number of aromatic hydroxyl groups is 1. The van der Waals surface area contributed by atoms with E-state index in [1.807, 2.05) is 53.4 Å². The van der Waals surface area contributed by atoms with Gasteiger partial charge >= 0.3 is 0 Å². The second kappa shape index (κ2) is 15.1. The van der Waals surface area contributed by atoms with E-state index < -0.39 is 0 Å². The number of morpholine rings is 1. The fraction of sp³-hybridized carbons (Fsp3) is 0.318. The van der Waals surface area contributed by atoms with Gasteiger partial charge in [-0.15, -0.1) is 0 Å². The van der Waals surface area contributed by atoms with E-state index in [2.05, 4.69) is 27.7 Å². The number of rotatable bonds is 8. The molecule has 4 aliphatic heterocycles. The summed E-state index contributed by atoms with van der Waals surface area (Å²) in [5.41, 5.74) is 7.39. The molecule has 0 bridgehead atoms. The lowest BCUT2D eigenvalue weighted by Crippen LogP contribution is -2.52. The number of ether oxygens (including phenoxy) is 3. The van der Waals surface area contributed by atoms with E-state index in [1.54, 1.807) is 29.2 Å². The van der Waals surface area contributed by atoms with Crippen molar-refractivity contribution < 1.29 is 28.9 Å². The highest BCUT2D eigenvalue weighted by atomic mass is 35.5. The van der Waals surface area contributed by atoms with Crippen molar-refractivity contribution in [2.45, 2.75) is 51.4 Å². The van der Waals surface area contributed by atoms with E-state index in [4.69, 9.17) is 25.8 Å². The third-order valence-corrected chi connectivity index (χ3v) is 11.8. The van der Waals surface area contributed by atoms with Gasteiger partial charge < -0.3 is 33.7 Å². The monoisotopic (exact) mass is 758 g/mol. The van der Waals surface area contributed by atoms with Gasteiger partial charge in [-0.1, -0.05) is 54.1 Å². The van der Waals surface area contributed by atoms with E-state index >= 15 is 4.79 Å². The van der Waals surface area contributed by atoms with Gasteiger partial charge in [-0.05, 0) is 90.9 Å². The van der Waals surface area contributed by atoms with E-state index in [9.17, 15) is 9.90 Å². The van der Waals surface area contributed by atoms with Crippen LogP contribution in [0.25, 0.3) is 11.3 Å². The number of phenolic OH excluding ortho intramolecular Hbond substituents is 1. The Labute approximate surface area is 325 Å². The molecule has 1 fully saturated rings. The van der Waals surface area contributed by atoms with Crippen LogP contribution < -0.4 is 14.4 Å². The molecule has 10 nitrogen and oxygen atoms in total. The van der Waals surface area contributed by atoms with Crippen molar-refractivity contribution in [1.29, 1.82) is 0 Å². The van der Waals surface area contributed by atoms with E-state index in [1.165, 1.54) is 5.56 Å². The number of phenols is 1.